The Balaban J connectivity index is 1.52. The summed E-state index contributed by atoms with van der Waals surface area (Å²) in [6.45, 7) is 1.69. The van der Waals surface area contributed by atoms with Gasteiger partial charge in [-0.15, -0.1) is 0 Å². The van der Waals surface area contributed by atoms with Crippen molar-refractivity contribution in [2.24, 2.45) is 5.73 Å². The summed E-state index contributed by atoms with van der Waals surface area (Å²) in [5.74, 6) is 2.96. The van der Waals surface area contributed by atoms with Crippen LogP contribution in [0, 0.1) is 0 Å². The van der Waals surface area contributed by atoms with Gasteiger partial charge in [-0.1, -0.05) is 30.3 Å². The van der Waals surface area contributed by atoms with E-state index >= 15 is 0 Å². The lowest BCUT2D eigenvalue weighted by Crippen LogP contribution is -2.26. The van der Waals surface area contributed by atoms with Crippen molar-refractivity contribution < 1.29 is 4.74 Å². The Kier molecular flexibility index (Phi) is 4.29. The molecule has 7 nitrogen and oxygen atoms in total. The Hall–Kier alpha value is -3.58. The normalized spacial score (nSPS) is 16.4. The first kappa shape index (κ1) is 17.5. The summed E-state index contributed by atoms with van der Waals surface area (Å²) < 4.78 is 5.90. The fourth-order valence-corrected chi connectivity index (χ4v) is 3.75. The highest BCUT2D eigenvalue weighted by Gasteiger charge is 2.23. The molecule has 3 heterocycles. The molecule has 1 aliphatic heterocycles. The van der Waals surface area contributed by atoms with Crippen molar-refractivity contribution in [3.05, 3.63) is 60.7 Å². The predicted octanol–water partition coefficient (Wildman–Crippen LogP) is 3.54. The number of H-pyrrole nitrogens is 1. The number of rotatable bonds is 4. The minimum atomic E-state index is 0.176. The van der Waals surface area contributed by atoms with E-state index in [4.69, 9.17) is 21.2 Å². The van der Waals surface area contributed by atoms with E-state index in [1.165, 1.54) is 0 Å². The molecule has 1 atom stereocenters. The molecule has 146 valence electrons. The van der Waals surface area contributed by atoms with Gasteiger partial charge in [-0.2, -0.15) is 5.10 Å². The second kappa shape index (κ2) is 7.10. The quantitative estimate of drug-likeness (QED) is 0.495. The Morgan fingerprint density at radius 2 is 1.79 bits per heavy atom. The summed E-state index contributed by atoms with van der Waals surface area (Å²) in [5.41, 5.74) is 14.9. The minimum Gasteiger partial charge on any atom is -0.457 e. The molecule has 5 rings (SSSR count). The summed E-state index contributed by atoms with van der Waals surface area (Å²) in [4.78, 5) is 6.90. The van der Waals surface area contributed by atoms with E-state index in [2.05, 4.69) is 21.2 Å². The van der Waals surface area contributed by atoms with Gasteiger partial charge in [-0.05, 0) is 42.3 Å². The highest BCUT2D eigenvalue weighted by molar-refractivity contribution is 6.01. The van der Waals surface area contributed by atoms with Crippen LogP contribution >= 0.6 is 0 Å². The van der Waals surface area contributed by atoms with Crippen molar-refractivity contribution in [2.75, 3.05) is 23.7 Å². The van der Waals surface area contributed by atoms with Crippen molar-refractivity contribution in [3.63, 3.8) is 0 Å². The Labute approximate surface area is 168 Å². The molecule has 0 amide bonds. The lowest BCUT2D eigenvalue weighted by atomic mass is 10.0. The average Bonchev–Trinajstić information content (AvgIpc) is 3.35. The summed E-state index contributed by atoms with van der Waals surface area (Å²) in [6, 6.07) is 19.9. The van der Waals surface area contributed by atoms with Crippen LogP contribution in [-0.2, 0) is 0 Å². The number of nitrogens with two attached hydrogens (primary N) is 2. The second-order valence-electron chi connectivity index (χ2n) is 7.30. The second-order valence-corrected chi connectivity index (χ2v) is 7.30. The molecule has 0 bridgehead atoms. The molecule has 0 aliphatic carbocycles. The number of hydrogen-bond acceptors (Lipinski definition) is 6. The summed E-state index contributed by atoms with van der Waals surface area (Å²) in [6.07, 6.45) is 0.962. The first-order chi connectivity index (χ1) is 14.2. The Morgan fingerprint density at radius 1 is 1.03 bits per heavy atom. The third kappa shape index (κ3) is 3.36. The number of nitrogens with one attached hydrogen (secondary N) is 1. The SMILES string of the molecule is Nc1[nH]nc2nc(N3CCC(N)C3)cc(-c3ccc(Oc4ccccc4)cc3)c12. The number of para-hydroxylation sites is 1. The van der Waals surface area contributed by atoms with Crippen molar-refractivity contribution in [1.82, 2.24) is 15.2 Å². The third-order valence-electron chi connectivity index (χ3n) is 5.23. The minimum absolute atomic E-state index is 0.176. The Bertz CT molecular complexity index is 1140. The van der Waals surface area contributed by atoms with Gasteiger partial charge in [-0.3, -0.25) is 5.10 Å². The number of hydrogen-bond donors (Lipinski definition) is 3. The summed E-state index contributed by atoms with van der Waals surface area (Å²) >= 11 is 0. The molecule has 4 aromatic rings. The van der Waals surface area contributed by atoms with Gasteiger partial charge >= 0.3 is 0 Å². The maximum Gasteiger partial charge on any atom is 0.185 e. The fraction of sp³-hybridized carbons (Fsp3) is 0.182. The van der Waals surface area contributed by atoms with Gasteiger partial charge in [-0.25, -0.2) is 4.98 Å². The van der Waals surface area contributed by atoms with Crippen LogP contribution < -0.4 is 21.1 Å². The van der Waals surface area contributed by atoms with Gasteiger partial charge < -0.3 is 21.1 Å². The largest absolute Gasteiger partial charge is 0.457 e. The first-order valence-electron chi connectivity index (χ1n) is 9.66. The van der Waals surface area contributed by atoms with Gasteiger partial charge in [0.15, 0.2) is 5.65 Å². The molecule has 0 radical (unpaired) electrons. The zero-order valence-electron chi connectivity index (χ0n) is 15.9. The predicted molar refractivity (Wildman–Crippen MR) is 115 cm³/mol. The number of aromatic amines is 1. The van der Waals surface area contributed by atoms with Crippen LogP contribution in [0.2, 0.25) is 0 Å². The number of benzene rings is 2. The zero-order valence-corrected chi connectivity index (χ0v) is 15.9. The molecule has 2 aromatic carbocycles. The summed E-state index contributed by atoms with van der Waals surface area (Å²) in [5, 5.41) is 7.97. The number of aromatic nitrogens is 3. The summed E-state index contributed by atoms with van der Waals surface area (Å²) in [7, 11) is 0. The maximum absolute atomic E-state index is 6.16. The van der Waals surface area contributed by atoms with Crippen LogP contribution in [-0.4, -0.2) is 34.3 Å². The van der Waals surface area contributed by atoms with Crippen molar-refractivity contribution in [3.8, 4) is 22.6 Å². The fourth-order valence-electron chi connectivity index (χ4n) is 3.75. The van der Waals surface area contributed by atoms with E-state index in [0.29, 0.717) is 11.5 Å². The molecule has 0 spiro atoms. The van der Waals surface area contributed by atoms with Crippen LogP contribution in [0.25, 0.3) is 22.2 Å². The van der Waals surface area contributed by atoms with Crippen LogP contribution in [0.15, 0.2) is 60.7 Å². The zero-order chi connectivity index (χ0) is 19.8. The smallest absolute Gasteiger partial charge is 0.185 e. The lowest BCUT2D eigenvalue weighted by molar-refractivity contribution is 0.483. The van der Waals surface area contributed by atoms with E-state index in [9.17, 15) is 0 Å². The number of pyridine rings is 1. The molecule has 1 fully saturated rings. The topological polar surface area (TPSA) is 106 Å². The van der Waals surface area contributed by atoms with Crippen LogP contribution in [0.3, 0.4) is 0 Å². The lowest BCUT2D eigenvalue weighted by Gasteiger charge is -2.18. The van der Waals surface area contributed by atoms with E-state index in [-0.39, 0.29) is 6.04 Å². The average molecular weight is 386 g/mol. The van der Waals surface area contributed by atoms with Crippen molar-refractivity contribution in [2.45, 2.75) is 12.5 Å². The van der Waals surface area contributed by atoms with Crippen LogP contribution in [0.1, 0.15) is 6.42 Å². The first-order valence-corrected chi connectivity index (χ1v) is 9.66. The molecule has 29 heavy (non-hydrogen) atoms. The monoisotopic (exact) mass is 386 g/mol. The molecule has 2 aromatic heterocycles. The van der Waals surface area contributed by atoms with Gasteiger partial charge in [0.25, 0.3) is 0 Å². The maximum atomic E-state index is 6.16. The molecule has 1 aliphatic rings. The number of ether oxygens (including phenoxy) is 1. The molecule has 5 N–H and O–H groups in total. The van der Waals surface area contributed by atoms with Gasteiger partial charge in [0.05, 0.1) is 5.39 Å². The molecular formula is C22H22N6O. The molecule has 1 saturated heterocycles. The number of anilines is 2. The highest BCUT2D eigenvalue weighted by atomic mass is 16.5. The van der Waals surface area contributed by atoms with Crippen LogP contribution in [0.5, 0.6) is 11.5 Å². The van der Waals surface area contributed by atoms with Gasteiger partial charge in [0.1, 0.15) is 23.1 Å². The van der Waals surface area contributed by atoms with Crippen molar-refractivity contribution in [1.29, 1.82) is 0 Å². The van der Waals surface area contributed by atoms with Gasteiger partial charge in [0, 0.05) is 24.7 Å². The van der Waals surface area contributed by atoms with Crippen LogP contribution in [0.4, 0.5) is 11.6 Å². The van der Waals surface area contributed by atoms with E-state index in [0.717, 1.165) is 53.3 Å². The molecule has 1 unspecified atom stereocenters. The van der Waals surface area contributed by atoms with E-state index < -0.39 is 0 Å². The Morgan fingerprint density at radius 3 is 2.52 bits per heavy atom. The standard InChI is InChI=1S/C22H22N6O/c23-15-10-11-28(13-15)19-12-18(20-21(24)26-27-22(20)25-19)14-6-8-17(9-7-14)29-16-4-2-1-3-5-16/h1-9,12,15H,10-11,13,23H2,(H3,24,25,26,27). The number of fused-ring (bicyclic) bond motifs is 1. The highest BCUT2D eigenvalue weighted by Crippen LogP contribution is 2.35. The van der Waals surface area contributed by atoms with E-state index in [1.807, 2.05) is 54.6 Å². The number of nitrogen functional groups attached to an aromatic ring is 1. The molecule has 0 saturated carbocycles. The number of nitrogens with zero attached hydrogens (tertiary/aromatic N) is 3. The molecule has 7 heteroatoms. The van der Waals surface area contributed by atoms with Crippen molar-refractivity contribution >= 4 is 22.7 Å². The van der Waals surface area contributed by atoms with Gasteiger partial charge in [0.2, 0.25) is 0 Å². The molecular weight excluding hydrogens is 364 g/mol. The van der Waals surface area contributed by atoms with E-state index in [1.54, 1.807) is 0 Å². The third-order valence-corrected chi connectivity index (χ3v) is 5.23.